The summed E-state index contributed by atoms with van der Waals surface area (Å²) in [6, 6.07) is 15.2. The predicted octanol–water partition coefficient (Wildman–Crippen LogP) is 4.19. The van der Waals surface area contributed by atoms with Crippen LogP contribution in [0.2, 0.25) is 0 Å². The van der Waals surface area contributed by atoms with E-state index in [1.165, 1.54) is 35.6 Å². The van der Waals surface area contributed by atoms with Gasteiger partial charge in [0.15, 0.2) is 5.13 Å². The van der Waals surface area contributed by atoms with Gasteiger partial charge in [0.2, 0.25) is 0 Å². The molecular formula is C21H20N4O4S. The van der Waals surface area contributed by atoms with Gasteiger partial charge in [-0.3, -0.25) is 10.1 Å². The molecule has 0 fully saturated rings. The van der Waals surface area contributed by atoms with Crippen molar-refractivity contribution in [1.29, 1.82) is 0 Å². The lowest BCUT2D eigenvalue weighted by Gasteiger charge is -2.15. The van der Waals surface area contributed by atoms with Crippen LogP contribution < -0.4 is 9.57 Å². The molecule has 154 valence electrons. The minimum atomic E-state index is -0.522. The molecule has 1 aromatic heterocycles. The van der Waals surface area contributed by atoms with E-state index in [-0.39, 0.29) is 17.9 Å². The highest BCUT2D eigenvalue weighted by molar-refractivity contribution is 7.13. The lowest BCUT2D eigenvalue weighted by atomic mass is 10.1. The molecule has 0 saturated carbocycles. The lowest BCUT2D eigenvalue weighted by Crippen LogP contribution is -2.21. The van der Waals surface area contributed by atoms with Gasteiger partial charge in [-0.2, -0.15) is 0 Å². The standard InChI is InChI=1S/C21H20N4O4S/c1-4-29-20(26)17-18(14-8-6-5-7-9-14)23-21(24(2)3)30-19(17)22-15-10-12-16(13-11-15)25(27)28/h5-13H,4H2,1-3H3. The van der Waals surface area contributed by atoms with Gasteiger partial charge >= 0.3 is 5.97 Å². The van der Waals surface area contributed by atoms with Crippen LogP contribution in [0.5, 0.6) is 0 Å². The molecule has 0 N–H and O–H groups in total. The van der Waals surface area contributed by atoms with E-state index in [1.54, 1.807) is 6.92 Å². The summed E-state index contributed by atoms with van der Waals surface area (Å²) in [6.45, 7) is 1.95. The Morgan fingerprint density at radius 1 is 1.17 bits per heavy atom. The molecule has 2 aromatic carbocycles. The quantitative estimate of drug-likeness (QED) is 0.334. The van der Waals surface area contributed by atoms with Crippen molar-refractivity contribution in [1.82, 2.24) is 4.98 Å². The van der Waals surface area contributed by atoms with Crippen molar-refractivity contribution < 1.29 is 14.5 Å². The summed E-state index contributed by atoms with van der Waals surface area (Å²) >= 11 is 1.24. The summed E-state index contributed by atoms with van der Waals surface area (Å²) < 4.78 is 5.70. The van der Waals surface area contributed by atoms with E-state index in [4.69, 9.17) is 4.74 Å². The number of aromatic nitrogens is 1. The molecule has 1 heterocycles. The fraction of sp³-hybridized carbons (Fsp3) is 0.190. The van der Waals surface area contributed by atoms with Crippen LogP contribution >= 0.6 is 11.3 Å². The zero-order chi connectivity index (χ0) is 21.7. The maximum absolute atomic E-state index is 12.9. The van der Waals surface area contributed by atoms with Crippen molar-refractivity contribution in [3.05, 3.63) is 74.9 Å². The first-order valence-electron chi connectivity index (χ1n) is 9.15. The summed E-state index contributed by atoms with van der Waals surface area (Å²) in [5.74, 6) is -0.522. The summed E-state index contributed by atoms with van der Waals surface area (Å²) in [5, 5.41) is 11.6. The van der Waals surface area contributed by atoms with Gasteiger partial charge in [-0.15, -0.1) is 0 Å². The van der Waals surface area contributed by atoms with Crippen LogP contribution in [0.25, 0.3) is 11.3 Å². The average Bonchev–Trinajstić information content (AvgIpc) is 2.74. The van der Waals surface area contributed by atoms with Crippen LogP contribution in [0, 0.1) is 10.1 Å². The second-order valence-electron chi connectivity index (χ2n) is 6.39. The molecule has 0 atom stereocenters. The molecular weight excluding hydrogens is 404 g/mol. The van der Waals surface area contributed by atoms with E-state index in [0.717, 1.165) is 5.56 Å². The second kappa shape index (κ2) is 9.27. The first kappa shape index (κ1) is 21.1. The van der Waals surface area contributed by atoms with E-state index in [2.05, 4.69) is 9.98 Å². The van der Waals surface area contributed by atoms with E-state index in [1.807, 2.05) is 49.3 Å². The number of benzene rings is 2. The van der Waals surface area contributed by atoms with Gasteiger partial charge < -0.3 is 9.64 Å². The Bertz CT molecular complexity index is 1130. The number of nitro groups is 1. The smallest absolute Gasteiger partial charge is 0.343 e. The van der Waals surface area contributed by atoms with Crippen molar-refractivity contribution in [3.63, 3.8) is 0 Å². The fourth-order valence-corrected chi connectivity index (χ4v) is 3.57. The molecule has 0 unspecified atom stereocenters. The lowest BCUT2D eigenvalue weighted by molar-refractivity contribution is -0.384. The maximum atomic E-state index is 12.9. The van der Waals surface area contributed by atoms with Crippen LogP contribution in [-0.2, 0) is 4.74 Å². The molecule has 9 heteroatoms. The number of esters is 1. The van der Waals surface area contributed by atoms with Crippen molar-refractivity contribution in [2.75, 3.05) is 25.6 Å². The Hall–Kier alpha value is -3.59. The Labute approximate surface area is 177 Å². The zero-order valence-electron chi connectivity index (χ0n) is 16.7. The topological polar surface area (TPSA) is 97.9 Å². The van der Waals surface area contributed by atoms with Gasteiger partial charge in [-0.1, -0.05) is 41.7 Å². The SMILES string of the molecule is CCOC(=O)c1c(-c2ccccc2)nc(N(C)C)sc1=Nc1ccc([N+](=O)[O-])cc1. The Kier molecular flexibility index (Phi) is 6.53. The van der Waals surface area contributed by atoms with Crippen LogP contribution in [-0.4, -0.2) is 36.6 Å². The number of carbonyl (C=O) groups is 1. The van der Waals surface area contributed by atoms with E-state index < -0.39 is 10.9 Å². The molecule has 0 bridgehead atoms. The van der Waals surface area contributed by atoms with Crippen molar-refractivity contribution in [3.8, 4) is 11.3 Å². The summed E-state index contributed by atoms with van der Waals surface area (Å²) in [5.41, 5.74) is 1.94. The third-order valence-corrected chi connectivity index (χ3v) is 5.17. The first-order chi connectivity index (χ1) is 14.4. The molecule has 0 radical (unpaired) electrons. The summed E-state index contributed by atoms with van der Waals surface area (Å²) in [4.78, 5) is 34.4. The van der Waals surface area contributed by atoms with Crippen LogP contribution in [0.15, 0.2) is 59.6 Å². The van der Waals surface area contributed by atoms with Crippen molar-refractivity contribution >= 4 is 33.8 Å². The molecule has 0 saturated heterocycles. The first-order valence-corrected chi connectivity index (χ1v) is 9.96. The number of hydrogen-bond acceptors (Lipinski definition) is 8. The molecule has 8 nitrogen and oxygen atoms in total. The maximum Gasteiger partial charge on any atom is 0.343 e. The number of non-ortho nitro benzene ring substituents is 1. The van der Waals surface area contributed by atoms with E-state index in [9.17, 15) is 14.9 Å². The fourth-order valence-electron chi connectivity index (χ4n) is 2.64. The number of anilines is 1. The van der Waals surface area contributed by atoms with E-state index in [0.29, 0.717) is 21.2 Å². The third kappa shape index (κ3) is 4.69. The van der Waals surface area contributed by atoms with Gasteiger partial charge in [0.25, 0.3) is 5.69 Å². The molecule has 0 aliphatic rings. The number of nitrogens with zero attached hydrogens (tertiary/aromatic N) is 4. The van der Waals surface area contributed by atoms with Gasteiger partial charge in [-0.05, 0) is 19.1 Å². The molecule has 0 aliphatic heterocycles. The average molecular weight is 424 g/mol. The monoisotopic (exact) mass is 424 g/mol. The van der Waals surface area contributed by atoms with Crippen LogP contribution in [0.1, 0.15) is 17.3 Å². The number of carbonyl (C=O) groups excluding carboxylic acids is 1. The number of hydrogen-bond donors (Lipinski definition) is 0. The minimum Gasteiger partial charge on any atom is -0.462 e. The van der Waals surface area contributed by atoms with Gasteiger partial charge in [0.05, 0.1) is 22.9 Å². The number of rotatable bonds is 6. The van der Waals surface area contributed by atoms with E-state index >= 15 is 0 Å². The highest BCUT2D eigenvalue weighted by atomic mass is 32.1. The Balaban J connectivity index is 2.30. The minimum absolute atomic E-state index is 0.0306. The summed E-state index contributed by atoms with van der Waals surface area (Å²) in [6.07, 6.45) is 0. The molecule has 0 aliphatic carbocycles. The number of nitro benzene ring substituents is 1. The Morgan fingerprint density at radius 2 is 1.83 bits per heavy atom. The Morgan fingerprint density at radius 3 is 2.40 bits per heavy atom. The van der Waals surface area contributed by atoms with Crippen molar-refractivity contribution in [2.45, 2.75) is 6.92 Å². The highest BCUT2D eigenvalue weighted by Gasteiger charge is 2.21. The predicted molar refractivity (Wildman–Crippen MR) is 116 cm³/mol. The van der Waals surface area contributed by atoms with Gasteiger partial charge in [0.1, 0.15) is 10.2 Å². The zero-order valence-corrected chi connectivity index (χ0v) is 17.5. The van der Waals surface area contributed by atoms with Crippen LogP contribution in [0.4, 0.5) is 16.5 Å². The molecule has 30 heavy (non-hydrogen) atoms. The highest BCUT2D eigenvalue weighted by Crippen LogP contribution is 2.26. The molecule has 3 aromatic rings. The van der Waals surface area contributed by atoms with Gasteiger partial charge in [-0.25, -0.2) is 14.8 Å². The molecule has 0 spiro atoms. The van der Waals surface area contributed by atoms with Gasteiger partial charge in [0, 0.05) is 31.8 Å². The third-order valence-electron chi connectivity index (χ3n) is 4.05. The van der Waals surface area contributed by atoms with Crippen LogP contribution in [0.3, 0.4) is 0 Å². The van der Waals surface area contributed by atoms with Crippen molar-refractivity contribution in [2.24, 2.45) is 4.99 Å². The summed E-state index contributed by atoms with van der Waals surface area (Å²) in [7, 11) is 3.71. The second-order valence-corrected chi connectivity index (χ2v) is 7.35. The largest absolute Gasteiger partial charge is 0.462 e. The number of ether oxygens (including phenoxy) is 1. The molecule has 0 amide bonds. The molecule has 3 rings (SSSR count). The normalized spacial score (nSPS) is 11.2.